The Hall–Kier alpha value is -2.25. The summed E-state index contributed by atoms with van der Waals surface area (Å²) >= 11 is 0. The van der Waals surface area contributed by atoms with Gasteiger partial charge in [0.25, 0.3) is 0 Å². The van der Waals surface area contributed by atoms with Gasteiger partial charge in [0.05, 0.1) is 19.5 Å². The molecule has 1 N–H and O–H groups in total. The molecule has 0 bridgehead atoms. The van der Waals surface area contributed by atoms with E-state index in [0.29, 0.717) is 31.7 Å². The van der Waals surface area contributed by atoms with E-state index < -0.39 is 10.0 Å². The molecule has 0 aromatic heterocycles. The summed E-state index contributed by atoms with van der Waals surface area (Å²) in [5.74, 6) is 2.26. The van der Waals surface area contributed by atoms with E-state index in [1.807, 2.05) is 56.3 Å². The third-order valence-electron chi connectivity index (χ3n) is 4.76. The number of sulfonamides is 1. The highest BCUT2D eigenvalue weighted by Gasteiger charge is 2.32. The van der Waals surface area contributed by atoms with Gasteiger partial charge >= 0.3 is 0 Å². The monoisotopic (exact) mass is 419 g/mol. The zero-order valence-electron chi connectivity index (χ0n) is 17.2. The summed E-state index contributed by atoms with van der Waals surface area (Å²) in [6.07, 6.45) is 1.87. The van der Waals surface area contributed by atoms with Crippen LogP contribution in [0.4, 0.5) is 0 Å². The van der Waals surface area contributed by atoms with Crippen LogP contribution in [-0.4, -0.2) is 40.0 Å². The van der Waals surface area contributed by atoms with Crippen molar-refractivity contribution in [2.75, 3.05) is 26.0 Å². The molecule has 0 saturated carbocycles. The van der Waals surface area contributed by atoms with Gasteiger partial charge in [0.15, 0.2) is 11.5 Å². The largest absolute Gasteiger partial charge is 0.497 e. The molecule has 158 valence electrons. The number of hydrogen-bond donors (Lipinski definition) is 1. The number of benzene rings is 2. The third-order valence-corrected chi connectivity index (χ3v) is 6.23. The fourth-order valence-corrected chi connectivity index (χ4v) is 4.40. The molecular formula is C22H29NO5S. The lowest BCUT2D eigenvalue weighted by Gasteiger charge is -2.18. The zero-order chi connectivity index (χ0) is 20.9. The Morgan fingerprint density at radius 2 is 1.90 bits per heavy atom. The van der Waals surface area contributed by atoms with Gasteiger partial charge in [0, 0.05) is 18.5 Å². The first-order valence-corrected chi connectivity index (χ1v) is 11.5. The lowest BCUT2D eigenvalue weighted by molar-refractivity contribution is 0.132. The predicted molar refractivity (Wildman–Crippen MR) is 113 cm³/mol. The highest BCUT2D eigenvalue weighted by Crippen LogP contribution is 2.41. The average molecular weight is 420 g/mol. The molecule has 0 unspecified atom stereocenters. The molecule has 3 rings (SSSR count). The summed E-state index contributed by atoms with van der Waals surface area (Å²) in [4.78, 5) is 0. The number of methoxy groups -OCH3 is 1. The number of para-hydroxylation sites is 1. The number of nitrogens with one attached hydrogen (secondary N) is 1. The predicted octanol–water partition coefficient (Wildman–Crippen LogP) is 3.34. The minimum atomic E-state index is -3.34. The summed E-state index contributed by atoms with van der Waals surface area (Å²) in [5, 5.41) is 0. The van der Waals surface area contributed by atoms with E-state index in [1.165, 1.54) is 0 Å². The molecule has 0 spiro atoms. The SMILES string of the molecule is COc1ccc(CCNS(=O)(=O)CCCOc2cccc3c2OC(C)(C)C3)cc1. The molecule has 0 aliphatic carbocycles. The molecule has 2 aromatic carbocycles. The van der Waals surface area contributed by atoms with Crippen molar-refractivity contribution in [2.24, 2.45) is 0 Å². The molecule has 0 atom stereocenters. The lowest BCUT2D eigenvalue weighted by atomic mass is 10.0. The molecule has 0 fully saturated rings. The Balaban J connectivity index is 1.40. The highest BCUT2D eigenvalue weighted by molar-refractivity contribution is 7.89. The van der Waals surface area contributed by atoms with Crippen LogP contribution in [0.1, 0.15) is 31.4 Å². The van der Waals surface area contributed by atoms with Gasteiger partial charge in [-0.25, -0.2) is 13.1 Å². The van der Waals surface area contributed by atoms with E-state index in [-0.39, 0.29) is 11.4 Å². The van der Waals surface area contributed by atoms with Gasteiger partial charge in [0.2, 0.25) is 10.0 Å². The number of hydrogen-bond acceptors (Lipinski definition) is 5. The van der Waals surface area contributed by atoms with E-state index in [9.17, 15) is 8.42 Å². The molecular weight excluding hydrogens is 390 g/mol. The Morgan fingerprint density at radius 1 is 1.14 bits per heavy atom. The van der Waals surface area contributed by atoms with E-state index in [0.717, 1.165) is 29.0 Å². The molecule has 29 heavy (non-hydrogen) atoms. The maximum atomic E-state index is 12.2. The second-order valence-corrected chi connectivity index (χ2v) is 9.72. The van der Waals surface area contributed by atoms with Crippen LogP contribution in [0.15, 0.2) is 42.5 Å². The summed E-state index contributed by atoms with van der Waals surface area (Å²) in [6, 6.07) is 13.4. The fourth-order valence-electron chi connectivity index (χ4n) is 3.35. The van der Waals surface area contributed by atoms with E-state index in [1.54, 1.807) is 7.11 Å². The van der Waals surface area contributed by atoms with Crippen molar-refractivity contribution in [2.45, 2.75) is 38.7 Å². The van der Waals surface area contributed by atoms with Crippen molar-refractivity contribution in [3.63, 3.8) is 0 Å². The van der Waals surface area contributed by atoms with Gasteiger partial charge in [-0.15, -0.1) is 0 Å². The van der Waals surface area contributed by atoms with Crippen LogP contribution in [0.5, 0.6) is 17.2 Å². The van der Waals surface area contributed by atoms with Crippen molar-refractivity contribution in [1.29, 1.82) is 0 Å². The smallest absolute Gasteiger partial charge is 0.211 e. The zero-order valence-corrected chi connectivity index (χ0v) is 18.1. The topological polar surface area (TPSA) is 73.9 Å². The molecule has 1 aliphatic rings. The van der Waals surface area contributed by atoms with E-state index in [2.05, 4.69) is 4.72 Å². The van der Waals surface area contributed by atoms with Gasteiger partial charge in [-0.2, -0.15) is 0 Å². The average Bonchev–Trinajstić information content (AvgIpc) is 3.00. The van der Waals surface area contributed by atoms with Crippen LogP contribution in [0.2, 0.25) is 0 Å². The molecule has 1 aliphatic heterocycles. The maximum Gasteiger partial charge on any atom is 0.211 e. The van der Waals surface area contributed by atoms with Crippen LogP contribution in [0.25, 0.3) is 0 Å². The molecule has 0 saturated heterocycles. The molecule has 6 nitrogen and oxygen atoms in total. The van der Waals surface area contributed by atoms with Crippen molar-refractivity contribution in [1.82, 2.24) is 4.72 Å². The second kappa shape index (κ2) is 9.05. The van der Waals surface area contributed by atoms with Crippen LogP contribution in [0, 0.1) is 0 Å². The van der Waals surface area contributed by atoms with Crippen LogP contribution in [-0.2, 0) is 22.9 Å². The van der Waals surface area contributed by atoms with Crippen molar-refractivity contribution in [3.05, 3.63) is 53.6 Å². The lowest BCUT2D eigenvalue weighted by Crippen LogP contribution is -2.29. The third kappa shape index (κ3) is 6.11. The number of ether oxygens (including phenoxy) is 3. The normalized spacial score (nSPS) is 14.9. The van der Waals surface area contributed by atoms with Crippen molar-refractivity contribution < 1.29 is 22.6 Å². The summed E-state index contributed by atoms with van der Waals surface area (Å²) in [7, 11) is -1.72. The molecule has 0 radical (unpaired) electrons. The van der Waals surface area contributed by atoms with Gasteiger partial charge in [-0.05, 0) is 50.5 Å². The minimum absolute atomic E-state index is 0.0248. The summed E-state index contributed by atoms with van der Waals surface area (Å²) in [5.41, 5.74) is 1.94. The Kier molecular flexibility index (Phi) is 6.70. The van der Waals surface area contributed by atoms with Gasteiger partial charge in [0.1, 0.15) is 11.4 Å². The summed E-state index contributed by atoms with van der Waals surface area (Å²) < 4.78 is 43.9. The van der Waals surface area contributed by atoms with Gasteiger partial charge < -0.3 is 14.2 Å². The van der Waals surface area contributed by atoms with Gasteiger partial charge in [-0.1, -0.05) is 24.3 Å². The number of rotatable bonds is 10. The van der Waals surface area contributed by atoms with Crippen LogP contribution in [0.3, 0.4) is 0 Å². The molecule has 7 heteroatoms. The molecule has 1 heterocycles. The summed E-state index contributed by atoms with van der Waals surface area (Å²) in [6.45, 7) is 4.77. The first kappa shape index (κ1) is 21.5. The Bertz CT molecular complexity index is 923. The quantitative estimate of drug-likeness (QED) is 0.598. The molecule has 2 aromatic rings. The first-order chi connectivity index (χ1) is 13.8. The Morgan fingerprint density at radius 3 is 2.62 bits per heavy atom. The maximum absolute atomic E-state index is 12.2. The van der Waals surface area contributed by atoms with Crippen LogP contribution >= 0.6 is 0 Å². The number of fused-ring (bicyclic) bond motifs is 1. The second-order valence-electron chi connectivity index (χ2n) is 7.80. The first-order valence-electron chi connectivity index (χ1n) is 9.82. The van der Waals surface area contributed by atoms with Crippen LogP contribution < -0.4 is 18.9 Å². The standard InChI is InChI=1S/C22H29NO5S/c1-22(2)16-18-6-4-7-20(21(18)28-22)27-14-5-15-29(24,25)23-13-12-17-8-10-19(26-3)11-9-17/h4,6-11,23H,5,12-16H2,1-3H3. The fraction of sp³-hybridized carbons (Fsp3) is 0.455. The minimum Gasteiger partial charge on any atom is -0.497 e. The van der Waals surface area contributed by atoms with Gasteiger partial charge in [-0.3, -0.25) is 0 Å². The molecule has 0 amide bonds. The van der Waals surface area contributed by atoms with Crippen molar-refractivity contribution in [3.8, 4) is 17.2 Å². The van der Waals surface area contributed by atoms with Crippen molar-refractivity contribution >= 4 is 10.0 Å². The highest BCUT2D eigenvalue weighted by atomic mass is 32.2. The van der Waals surface area contributed by atoms with E-state index >= 15 is 0 Å². The van der Waals surface area contributed by atoms with E-state index in [4.69, 9.17) is 14.2 Å². The Labute approximate surface area is 173 Å².